The Morgan fingerprint density at radius 1 is 0.938 bits per heavy atom. The van der Waals surface area contributed by atoms with Crippen molar-refractivity contribution in [1.82, 2.24) is 0 Å². The van der Waals surface area contributed by atoms with Crippen molar-refractivity contribution in [2.75, 3.05) is 0 Å². The average molecular weight is 282 g/mol. The average Bonchev–Trinajstić information content (AvgIpc) is 1.95. The lowest BCUT2D eigenvalue weighted by atomic mass is 10.2. The highest BCUT2D eigenvalue weighted by Gasteiger charge is 2.76. The highest BCUT2D eigenvalue weighted by atomic mass is 32.2. The van der Waals surface area contributed by atoms with E-state index in [1.165, 1.54) is 0 Å². The zero-order valence-electron chi connectivity index (χ0n) is 6.77. The third-order valence-corrected chi connectivity index (χ3v) is 2.56. The summed E-state index contributed by atoms with van der Waals surface area (Å²) in [5.41, 5.74) is 0. The second-order valence-corrected chi connectivity index (χ2v) is 4.07. The van der Waals surface area contributed by atoms with Gasteiger partial charge in [-0.1, -0.05) is 0 Å². The summed E-state index contributed by atoms with van der Waals surface area (Å²) >= 11 is 0. The molecule has 0 radical (unpaired) electrons. The van der Waals surface area contributed by atoms with Crippen molar-refractivity contribution in [2.45, 2.75) is 23.5 Å². The number of halogens is 8. The molecular weight excluding hydrogens is 280 g/mol. The summed E-state index contributed by atoms with van der Waals surface area (Å²) in [4.78, 5) is 0. The van der Waals surface area contributed by atoms with Crippen LogP contribution in [0.15, 0.2) is 0 Å². The Labute approximate surface area is 82.8 Å². The van der Waals surface area contributed by atoms with Crippen LogP contribution >= 0.6 is 0 Å². The van der Waals surface area contributed by atoms with Crippen molar-refractivity contribution >= 4 is 10.1 Å². The van der Waals surface area contributed by atoms with Gasteiger partial charge < -0.3 is 0 Å². The highest BCUT2D eigenvalue weighted by Crippen LogP contribution is 2.47. The van der Waals surface area contributed by atoms with E-state index < -0.39 is 33.6 Å². The molecule has 3 nitrogen and oxygen atoms in total. The summed E-state index contributed by atoms with van der Waals surface area (Å²) in [7, 11) is -6.99. The van der Waals surface area contributed by atoms with E-state index in [1.807, 2.05) is 0 Å². The predicted molar refractivity (Wildman–Crippen MR) is 32.4 cm³/mol. The van der Waals surface area contributed by atoms with Gasteiger partial charge in [0.15, 0.2) is 0 Å². The Hall–Kier alpha value is -0.650. The van der Waals surface area contributed by atoms with Crippen molar-refractivity contribution < 1.29 is 48.1 Å². The molecule has 0 amide bonds. The van der Waals surface area contributed by atoms with E-state index in [-0.39, 0.29) is 0 Å². The molecule has 2 unspecified atom stereocenters. The summed E-state index contributed by atoms with van der Waals surface area (Å²) in [6, 6.07) is 0. The molecule has 0 aliphatic carbocycles. The molecule has 0 aromatic rings. The first-order valence-electron chi connectivity index (χ1n) is 3.09. The van der Waals surface area contributed by atoms with Crippen LogP contribution in [-0.4, -0.2) is 36.5 Å². The van der Waals surface area contributed by atoms with Gasteiger partial charge in [0.1, 0.15) is 0 Å². The van der Waals surface area contributed by atoms with Crippen LogP contribution < -0.4 is 0 Å². The molecule has 0 rings (SSSR count). The molecule has 98 valence electrons. The molecule has 0 aliphatic rings. The number of hydrogen-bond acceptors (Lipinski definition) is 2. The third kappa shape index (κ3) is 2.36. The molecule has 0 aliphatic heterocycles. The van der Waals surface area contributed by atoms with Gasteiger partial charge in [0.05, 0.1) is 0 Å². The van der Waals surface area contributed by atoms with Crippen molar-refractivity contribution in [3.63, 3.8) is 0 Å². The van der Waals surface area contributed by atoms with Gasteiger partial charge in [0, 0.05) is 0 Å². The van der Waals surface area contributed by atoms with Gasteiger partial charge >= 0.3 is 27.5 Å². The van der Waals surface area contributed by atoms with Crippen LogP contribution in [0.3, 0.4) is 0 Å². The van der Waals surface area contributed by atoms with Crippen molar-refractivity contribution in [3.05, 3.63) is 0 Å². The SMILES string of the molecule is O=S(=O)(O)C(F)(C(F)C(F)(F)F)C(F)(F)F. The Bertz CT molecular complexity index is 354. The molecule has 16 heavy (non-hydrogen) atoms. The van der Waals surface area contributed by atoms with E-state index in [1.54, 1.807) is 0 Å². The molecule has 0 heterocycles. The van der Waals surface area contributed by atoms with E-state index in [4.69, 9.17) is 4.55 Å². The lowest BCUT2D eigenvalue weighted by Gasteiger charge is -2.28. The lowest BCUT2D eigenvalue weighted by molar-refractivity contribution is -0.274. The fraction of sp³-hybridized carbons (Fsp3) is 1.00. The first-order valence-corrected chi connectivity index (χ1v) is 4.53. The minimum Gasteiger partial charge on any atom is -0.283 e. The molecular formula is C4H2F8O3S. The lowest BCUT2D eigenvalue weighted by Crippen LogP contribution is -2.59. The van der Waals surface area contributed by atoms with Crippen molar-refractivity contribution in [3.8, 4) is 0 Å². The second-order valence-electron chi connectivity index (χ2n) is 2.52. The largest absolute Gasteiger partial charge is 0.443 e. The molecule has 2 atom stereocenters. The molecule has 0 aromatic carbocycles. The second kappa shape index (κ2) is 3.68. The van der Waals surface area contributed by atoms with E-state index >= 15 is 0 Å². The topological polar surface area (TPSA) is 54.4 Å². The first kappa shape index (κ1) is 15.3. The summed E-state index contributed by atoms with van der Waals surface area (Å²) in [5, 5.41) is -6.45. The zero-order chi connectivity index (χ0) is 13.6. The minimum atomic E-state index is -6.99. The van der Waals surface area contributed by atoms with Gasteiger partial charge in [-0.25, -0.2) is 8.78 Å². The van der Waals surface area contributed by atoms with Crippen LogP contribution in [0.2, 0.25) is 0 Å². The van der Waals surface area contributed by atoms with E-state index in [0.717, 1.165) is 0 Å². The van der Waals surface area contributed by atoms with Crippen LogP contribution in [0.25, 0.3) is 0 Å². The van der Waals surface area contributed by atoms with Gasteiger partial charge in [-0.15, -0.1) is 0 Å². The van der Waals surface area contributed by atoms with E-state index in [0.29, 0.717) is 0 Å². The smallest absolute Gasteiger partial charge is 0.283 e. The van der Waals surface area contributed by atoms with E-state index in [9.17, 15) is 43.5 Å². The van der Waals surface area contributed by atoms with Crippen molar-refractivity contribution in [2.24, 2.45) is 0 Å². The fourth-order valence-electron chi connectivity index (χ4n) is 0.631. The normalized spacial score (nSPS) is 20.3. The summed E-state index contributed by atoms with van der Waals surface area (Å²) < 4.78 is 122. The maximum Gasteiger partial charge on any atom is 0.443 e. The van der Waals surface area contributed by atoms with Gasteiger partial charge in [-0.3, -0.25) is 4.55 Å². The summed E-state index contributed by atoms with van der Waals surface area (Å²) in [6.07, 6.45) is -18.7. The Morgan fingerprint density at radius 3 is 1.31 bits per heavy atom. The quantitative estimate of drug-likeness (QED) is 0.622. The van der Waals surface area contributed by atoms with Crippen LogP contribution in [0, 0.1) is 0 Å². The van der Waals surface area contributed by atoms with Crippen LogP contribution in [0.5, 0.6) is 0 Å². The molecule has 12 heteroatoms. The van der Waals surface area contributed by atoms with Gasteiger partial charge in [-0.05, 0) is 0 Å². The standard InChI is InChI=1S/C4H2F8O3S/c5-1(3(7,8)9)2(6,4(10,11)12)16(13,14)15/h1H,(H,13,14,15). The van der Waals surface area contributed by atoms with Gasteiger partial charge in [-0.2, -0.15) is 34.8 Å². The summed E-state index contributed by atoms with van der Waals surface area (Å²) in [6.45, 7) is 0. The molecule has 0 fully saturated rings. The maximum absolute atomic E-state index is 12.6. The van der Waals surface area contributed by atoms with Gasteiger partial charge in [0.2, 0.25) is 0 Å². The predicted octanol–water partition coefficient (Wildman–Crippen LogP) is 2.00. The summed E-state index contributed by atoms with van der Waals surface area (Å²) in [5.74, 6) is 0. The Balaban J connectivity index is 5.84. The maximum atomic E-state index is 12.6. The molecule has 1 N–H and O–H groups in total. The van der Waals surface area contributed by atoms with Gasteiger partial charge in [0.25, 0.3) is 6.17 Å². The minimum absolute atomic E-state index is 5.45. The van der Waals surface area contributed by atoms with Crippen LogP contribution in [0.4, 0.5) is 35.1 Å². The Morgan fingerprint density at radius 2 is 1.25 bits per heavy atom. The number of hydrogen-bond donors (Lipinski definition) is 1. The monoisotopic (exact) mass is 282 g/mol. The van der Waals surface area contributed by atoms with Crippen LogP contribution in [-0.2, 0) is 10.1 Å². The fourth-order valence-corrected chi connectivity index (χ4v) is 1.32. The molecule has 0 spiro atoms. The number of rotatable bonds is 2. The Kier molecular flexibility index (Phi) is 3.53. The molecule has 0 aromatic heterocycles. The molecule has 0 saturated carbocycles. The third-order valence-electron chi connectivity index (χ3n) is 1.38. The van der Waals surface area contributed by atoms with E-state index in [2.05, 4.69) is 0 Å². The zero-order valence-corrected chi connectivity index (χ0v) is 7.59. The first-order chi connectivity index (χ1) is 6.65. The molecule has 0 saturated heterocycles. The van der Waals surface area contributed by atoms with Crippen LogP contribution in [0.1, 0.15) is 0 Å². The number of alkyl halides is 8. The highest BCUT2D eigenvalue weighted by molar-refractivity contribution is 7.87. The van der Waals surface area contributed by atoms with Crippen molar-refractivity contribution in [1.29, 1.82) is 0 Å². The molecule has 0 bridgehead atoms.